The standard InChI is InChI=1S/C48H34N4/c1-48(2)41-22-12-9-19-37(41)38-26-25-33(30-42(38)48)34-27-35(29-36(28-34)52-43-23-13-10-20-39(43)40-21-11-14-24-44(40)52)47-50-45(31-15-5-3-6-16-31)49-46(51-47)32-17-7-4-8-18-32/h3-30H,1-2H3/i10D,11D,13D,14D,20D,21D,23D,24D. The van der Waals surface area contributed by atoms with Gasteiger partial charge in [0.15, 0.2) is 17.5 Å². The molecule has 0 N–H and O–H groups in total. The van der Waals surface area contributed by atoms with Crippen LogP contribution in [0.3, 0.4) is 0 Å². The van der Waals surface area contributed by atoms with Crippen LogP contribution in [0.15, 0.2) is 170 Å². The maximum atomic E-state index is 9.21. The Morgan fingerprint density at radius 1 is 0.462 bits per heavy atom. The molecule has 246 valence electrons. The van der Waals surface area contributed by atoms with Crippen LogP contribution in [0.25, 0.3) is 83.9 Å². The van der Waals surface area contributed by atoms with E-state index in [4.69, 9.17) is 23.2 Å². The minimum Gasteiger partial charge on any atom is -0.309 e. The van der Waals surface area contributed by atoms with E-state index in [1.54, 1.807) is 6.07 Å². The number of nitrogens with zero attached hydrogens (tertiary/aromatic N) is 4. The van der Waals surface area contributed by atoms with Gasteiger partial charge in [0.2, 0.25) is 0 Å². The zero-order valence-corrected chi connectivity index (χ0v) is 28.3. The highest BCUT2D eigenvalue weighted by Crippen LogP contribution is 2.49. The van der Waals surface area contributed by atoms with Gasteiger partial charge in [0, 0.05) is 38.6 Å². The van der Waals surface area contributed by atoms with Crippen molar-refractivity contribution in [1.82, 2.24) is 19.5 Å². The van der Waals surface area contributed by atoms with Crippen LogP contribution in [0.2, 0.25) is 0 Å². The second kappa shape index (κ2) is 11.7. The first kappa shape index (κ1) is 22.9. The molecule has 2 heterocycles. The van der Waals surface area contributed by atoms with E-state index in [1.807, 2.05) is 78.9 Å². The van der Waals surface area contributed by atoms with Gasteiger partial charge < -0.3 is 4.57 Å². The highest BCUT2D eigenvalue weighted by Gasteiger charge is 2.35. The second-order valence-corrected chi connectivity index (χ2v) is 13.5. The van der Waals surface area contributed by atoms with Crippen molar-refractivity contribution in [2.45, 2.75) is 19.3 Å². The molecule has 0 saturated heterocycles. The Morgan fingerprint density at radius 3 is 1.62 bits per heavy atom. The van der Waals surface area contributed by atoms with Crippen LogP contribution >= 0.6 is 0 Å². The van der Waals surface area contributed by atoms with Crippen molar-refractivity contribution >= 4 is 21.8 Å². The maximum absolute atomic E-state index is 9.21. The topological polar surface area (TPSA) is 43.6 Å². The normalized spacial score (nSPS) is 15.1. The summed E-state index contributed by atoms with van der Waals surface area (Å²) in [5.74, 6) is 1.23. The van der Waals surface area contributed by atoms with Crippen molar-refractivity contribution in [1.29, 1.82) is 0 Å². The Hall–Kier alpha value is -6.65. The third kappa shape index (κ3) is 4.79. The van der Waals surface area contributed by atoms with Crippen molar-refractivity contribution in [2.75, 3.05) is 0 Å². The Balaban J connectivity index is 1.32. The number of fused-ring (bicyclic) bond motifs is 6. The Bertz CT molecular complexity index is 3140. The van der Waals surface area contributed by atoms with Gasteiger partial charge in [-0.1, -0.05) is 147 Å². The lowest BCUT2D eigenvalue weighted by atomic mass is 9.81. The monoisotopic (exact) mass is 674 g/mol. The lowest BCUT2D eigenvalue weighted by Gasteiger charge is -2.22. The van der Waals surface area contributed by atoms with Crippen LogP contribution in [0.5, 0.6) is 0 Å². The fourth-order valence-corrected chi connectivity index (χ4v) is 7.54. The maximum Gasteiger partial charge on any atom is 0.164 e. The Kier molecular flexibility index (Phi) is 5.17. The number of aromatic nitrogens is 4. The van der Waals surface area contributed by atoms with Crippen molar-refractivity contribution in [3.63, 3.8) is 0 Å². The van der Waals surface area contributed by atoms with Gasteiger partial charge in [-0.2, -0.15) is 0 Å². The minimum atomic E-state index is -0.498. The third-order valence-electron chi connectivity index (χ3n) is 10.1. The molecule has 1 aliphatic rings. The van der Waals surface area contributed by atoms with Crippen LogP contribution in [-0.4, -0.2) is 19.5 Å². The van der Waals surface area contributed by atoms with E-state index >= 15 is 0 Å². The summed E-state index contributed by atoms with van der Waals surface area (Å²) < 4.78 is 72.6. The van der Waals surface area contributed by atoms with Gasteiger partial charge in [0.05, 0.1) is 22.0 Å². The highest BCUT2D eigenvalue weighted by atomic mass is 15.0. The SMILES string of the molecule is [2H]c1c([2H])c([2H])c2c(c1[2H])c1c([2H])c([2H])c([2H])c([2H])c1n2-c1cc(-c2ccc3c(c2)C(C)(C)c2ccccc2-3)cc(-c2nc(-c3ccccc3)nc(-c3ccccc3)n2)c1. The molecule has 7 aromatic carbocycles. The summed E-state index contributed by atoms with van der Waals surface area (Å²) >= 11 is 0. The first-order valence-electron chi connectivity index (χ1n) is 21.1. The smallest absolute Gasteiger partial charge is 0.164 e. The van der Waals surface area contributed by atoms with Gasteiger partial charge >= 0.3 is 0 Å². The molecular weight excluding hydrogens is 633 g/mol. The van der Waals surface area contributed by atoms with E-state index in [0.717, 1.165) is 33.4 Å². The molecule has 0 saturated carbocycles. The average molecular weight is 675 g/mol. The second-order valence-electron chi connectivity index (χ2n) is 13.5. The average Bonchev–Trinajstić information content (AvgIpc) is 3.76. The van der Waals surface area contributed by atoms with Crippen molar-refractivity contribution in [3.05, 3.63) is 181 Å². The molecule has 9 aromatic rings. The summed E-state index contributed by atoms with van der Waals surface area (Å²) in [6.07, 6.45) is 0. The third-order valence-corrected chi connectivity index (χ3v) is 10.1. The van der Waals surface area contributed by atoms with Gasteiger partial charge in [0.25, 0.3) is 0 Å². The quantitative estimate of drug-likeness (QED) is 0.182. The molecule has 0 bridgehead atoms. The molecule has 52 heavy (non-hydrogen) atoms. The predicted molar refractivity (Wildman–Crippen MR) is 213 cm³/mol. The van der Waals surface area contributed by atoms with Gasteiger partial charge in [0.1, 0.15) is 0 Å². The summed E-state index contributed by atoms with van der Waals surface area (Å²) in [6, 6.07) is 36.2. The van der Waals surface area contributed by atoms with E-state index in [0.29, 0.717) is 28.7 Å². The predicted octanol–water partition coefficient (Wildman–Crippen LogP) is 11.9. The van der Waals surface area contributed by atoms with Crippen LogP contribution < -0.4 is 0 Å². The largest absolute Gasteiger partial charge is 0.309 e. The fourth-order valence-electron chi connectivity index (χ4n) is 7.54. The van der Waals surface area contributed by atoms with E-state index in [2.05, 4.69) is 50.2 Å². The molecule has 1 aliphatic carbocycles. The van der Waals surface area contributed by atoms with Crippen molar-refractivity contribution in [3.8, 4) is 62.1 Å². The van der Waals surface area contributed by atoms with E-state index < -0.39 is 36.3 Å². The number of para-hydroxylation sites is 2. The molecule has 2 aromatic heterocycles. The van der Waals surface area contributed by atoms with Crippen LogP contribution in [0.4, 0.5) is 0 Å². The molecule has 0 unspecified atom stereocenters. The fraction of sp³-hybridized carbons (Fsp3) is 0.0625. The molecule has 4 nitrogen and oxygen atoms in total. The zero-order valence-electron chi connectivity index (χ0n) is 36.3. The summed E-state index contributed by atoms with van der Waals surface area (Å²) in [5.41, 5.74) is 8.56. The van der Waals surface area contributed by atoms with Crippen molar-refractivity contribution < 1.29 is 11.0 Å². The number of hydrogen-bond donors (Lipinski definition) is 0. The van der Waals surface area contributed by atoms with E-state index in [1.165, 1.54) is 15.7 Å². The van der Waals surface area contributed by atoms with Crippen LogP contribution in [-0.2, 0) is 5.41 Å². The molecule has 4 heteroatoms. The first-order valence-corrected chi connectivity index (χ1v) is 17.1. The highest BCUT2D eigenvalue weighted by molar-refractivity contribution is 6.09. The molecule has 10 rings (SSSR count). The van der Waals surface area contributed by atoms with Crippen molar-refractivity contribution in [2.24, 2.45) is 0 Å². The lowest BCUT2D eigenvalue weighted by Crippen LogP contribution is -2.14. The molecule has 0 aliphatic heterocycles. The summed E-state index contributed by atoms with van der Waals surface area (Å²) in [4.78, 5) is 14.9. The minimum absolute atomic E-state index is 0.00452. The lowest BCUT2D eigenvalue weighted by molar-refractivity contribution is 0.660. The van der Waals surface area contributed by atoms with Crippen LogP contribution in [0, 0.1) is 0 Å². The Morgan fingerprint density at radius 2 is 0.981 bits per heavy atom. The van der Waals surface area contributed by atoms with Gasteiger partial charge in [-0.25, -0.2) is 15.0 Å². The van der Waals surface area contributed by atoms with E-state index in [9.17, 15) is 2.74 Å². The summed E-state index contributed by atoms with van der Waals surface area (Å²) in [6.45, 7) is 4.42. The summed E-state index contributed by atoms with van der Waals surface area (Å²) in [5, 5.41) is 0.00905. The molecule has 0 fully saturated rings. The van der Waals surface area contributed by atoms with Gasteiger partial charge in [-0.15, -0.1) is 0 Å². The van der Waals surface area contributed by atoms with E-state index in [-0.39, 0.29) is 39.3 Å². The molecule has 0 amide bonds. The van der Waals surface area contributed by atoms with Crippen LogP contribution in [0.1, 0.15) is 35.9 Å². The zero-order chi connectivity index (χ0) is 41.8. The first-order chi connectivity index (χ1) is 28.8. The Labute approximate surface area is 314 Å². The summed E-state index contributed by atoms with van der Waals surface area (Å²) in [7, 11) is 0. The number of hydrogen-bond acceptors (Lipinski definition) is 3. The molecule has 0 radical (unpaired) electrons. The molecule has 0 atom stereocenters. The van der Waals surface area contributed by atoms with Gasteiger partial charge in [-0.05, 0) is 69.7 Å². The van der Waals surface area contributed by atoms with Gasteiger partial charge in [-0.3, -0.25) is 0 Å². The number of benzene rings is 7. The molecule has 0 spiro atoms. The number of rotatable bonds is 5. The molecular formula is C48H34N4.